The SMILES string of the molecule is Cn1cc2c(n1)[C@@H](COCC1CC1)CN(Cc1ccc(F)cc1)C2. The Labute approximate surface area is 142 Å². The lowest BCUT2D eigenvalue weighted by molar-refractivity contribution is 0.0881. The topological polar surface area (TPSA) is 30.3 Å². The maximum atomic E-state index is 13.1. The molecule has 5 heteroatoms. The van der Waals surface area contributed by atoms with Crippen LogP contribution in [0.15, 0.2) is 30.5 Å². The third kappa shape index (κ3) is 3.68. The smallest absolute Gasteiger partial charge is 0.123 e. The molecule has 4 nitrogen and oxygen atoms in total. The van der Waals surface area contributed by atoms with Crippen LogP contribution in [-0.2, 0) is 24.9 Å². The van der Waals surface area contributed by atoms with Gasteiger partial charge < -0.3 is 4.74 Å². The van der Waals surface area contributed by atoms with E-state index < -0.39 is 0 Å². The van der Waals surface area contributed by atoms with E-state index in [9.17, 15) is 4.39 Å². The zero-order valence-electron chi connectivity index (χ0n) is 14.1. The summed E-state index contributed by atoms with van der Waals surface area (Å²) in [5, 5.41) is 4.66. The molecule has 1 atom stereocenters. The Morgan fingerprint density at radius 3 is 2.75 bits per heavy atom. The quantitative estimate of drug-likeness (QED) is 0.816. The number of fused-ring (bicyclic) bond motifs is 1. The van der Waals surface area contributed by atoms with Gasteiger partial charge in [-0.3, -0.25) is 9.58 Å². The summed E-state index contributed by atoms with van der Waals surface area (Å²) in [6.45, 7) is 4.27. The first-order valence-corrected chi connectivity index (χ1v) is 8.74. The lowest BCUT2D eigenvalue weighted by Gasteiger charge is -2.32. The number of hydrogen-bond donors (Lipinski definition) is 0. The Kier molecular flexibility index (Phi) is 4.37. The lowest BCUT2D eigenvalue weighted by atomic mass is 9.97. The first-order chi connectivity index (χ1) is 11.7. The van der Waals surface area contributed by atoms with Crippen LogP contribution in [0.4, 0.5) is 4.39 Å². The van der Waals surface area contributed by atoms with Crippen molar-refractivity contribution in [1.82, 2.24) is 14.7 Å². The second-order valence-corrected chi connectivity index (χ2v) is 7.19. The average Bonchev–Trinajstić information content (AvgIpc) is 3.29. The fourth-order valence-electron chi connectivity index (χ4n) is 3.49. The molecular formula is C19H24FN3O. The predicted octanol–water partition coefficient (Wildman–Crippen LogP) is 3.09. The molecule has 2 heterocycles. The molecule has 1 fully saturated rings. The summed E-state index contributed by atoms with van der Waals surface area (Å²) in [6.07, 6.45) is 4.74. The normalized spacial score (nSPS) is 21.0. The highest BCUT2D eigenvalue weighted by molar-refractivity contribution is 5.25. The van der Waals surface area contributed by atoms with Gasteiger partial charge in [-0.05, 0) is 36.5 Å². The number of benzene rings is 1. The van der Waals surface area contributed by atoms with Crippen molar-refractivity contribution in [2.24, 2.45) is 13.0 Å². The summed E-state index contributed by atoms with van der Waals surface area (Å²) in [5.74, 6) is 0.916. The minimum atomic E-state index is -0.182. The molecule has 0 radical (unpaired) electrons. The van der Waals surface area contributed by atoms with Crippen molar-refractivity contribution in [2.45, 2.75) is 31.8 Å². The monoisotopic (exact) mass is 329 g/mol. The van der Waals surface area contributed by atoms with Crippen LogP contribution < -0.4 is 0 Å². The molecule has 1 saturated carbocycles. The first kappa shape index (κ1) is 15.8. The van der Waals surface area contributed by atoms with Gasteiger partial charge in [0, 0.05) is 51.0 Å². The molecule has 4 rings (SSSR count). The number of rotatable bonds is 6. The van der Waals surface area contributed by atoms with Gasteiger partial charge in [0.1, 0.15) is 5.82 Å². The standard InChI is InChI=1S/C19H24FN3O/c1-22-9-16-10-23(8-14-4-6-18(20)7-5-14)11-17(19(16)21-22)13-24-12-15-2-3-15/h4-7,9,15,17H,2-3,8,10-13H2,1H3/t17-/m1/s1. The van der Waals surface area contributed by atoms with Gasteiger partial charge >= 0.3 is 0 Å². The molecule has 2 aliphatic rings. The first-order valence-electron chi connectivity index (χ1n) is 8.74. The second-order valence-electron chi connectivity index (χ2n) is 7.19. The molecule has 128 valence electrons. The largest absolute Gasteiger partial charge is 0.380 e. The van der Waals surface area contributed by atoms with E-state index >= 15 is 0 Å². The Hall–Kier alpha value is -1.72. The van der Waals surface area contributed by atoms with Gasteiger partial charge in [-0.25, -0.2) is 4.39 Å². The Bertz CT molecular complexity index is 693. The van der Waals surface area contributed by atoms with Crippen molar-refractivity contribution in [3.8, 4) is 0 Å². The highest BCUT2D eigenvalue weighted by Crippen LogP contribution is 2.31. The average molecular weight is 329 g/mol. The van der Waals surface area contributed by atoms with Crippen LogP contribution in [0, 0.1) is 11.7 Å². The maximum absolute atomic E-state index is 13.1. The van der Waals surface area contributed by atoms with E-state index in [2.05, 4.69) is 16.2 Å². The van der Waals surface area contributed by atoms with Crippen LogP contribution in [-0.4, -0.2) is 34.4 Å². The van der Waals surface area contributed by atoms with E-state index in [1.165, 1.54) is 36.2 Å². The Balaban J connectivity index is 1.45. The van der Waals surface area contributed by atoms with Crippen LogP contribution in [0.25, 0.3) is 0 Å². The third-order valence-corrected chi connectivity index (χ3v) is 4.89. The van der Waals surface area contributed by atoms with Crippen LogP contribution in [0.1, 0.15) is 35.6 Å². The van der Waals surface area contributed by atoms with Gasteiger partial charge in [0.25, 0.3) is 0 Å². The summed E-state index contributed by atoms with van der Waals surface area (Å²) >= 11 is 0. The summed E-state index contributed by atoms with van der Waals surface area (Å²) in [7, 11) is 1.98. The molecule has 1 aliphatic heterocycles. The number of halogens is 1. The number of aryl methyl sites for hydroxylation is 1. The molecule has 0 N–H and O–H groups in total. The van der Waals surface area contributed by atoms with Gasteiger partial charge in [0.05, 0.1) is 12.3 Å². The summed E-state index contributed by atoms with van der Waals surface area (Å²) in [5.41, 5.74) is 3.61. The molecule has 0 amide bonds. The van der Waals surface area contributed by atoms with Gasteiger partial charge in [-0.2, -0.15) is 5.10 Å². The van der Waals surface area contributed by atoms with Gasteiger partial charge in [0.2, 0.25) is 0 Å². The van der Waals surface area contributed by atoms with Gasteiger partial charge in [-0.1, -0.05) is 12.1 Å². The molecule has 1 aliphatic carbocycles. The van der Waals surface area contributed by atoms with E-state index in [0.717, 1.165) is 44.3 Å². The van der Waals surface area contributed by atoms with Crippen LogP contribution >= 0.6 is 0 Å². The zero-order chi connectivity index (χ0) is 16.5. The molecule has 0 spiro atoms. The molecule has 2 aromatic rings. The predicted molar refractivity (Wildman–Crippen MR) is 90.0 cm³/mol. The fourth-order valence-corrected chi connectivity index (χ4v) is 3.49. The van der Waals surface area contributed by atoms with Crippen LogP contribution in [0.3, 0.4) is 0 Å². The zero-order valence-corrected chi connectivity index (χ0v) is 14.1. The molecular weight excluding hydrogens is 305 g/mol. The fraction of sp³-hybridized carbons (Fsp3) is 0.526. The Morgan fingerprint density at radius 1 is 1.21 bits per heavy atom. The van der Waals surface area contributed by atoms with E-state index in [1.54, 1.807) is 0 Å². The van der Waals surface area contributed by atoms with E-state index in [1.807, 2.05) is 23.9 Å². The summed E-state index contributed by atoms with van der Waals surface area (Å²) in [4.78, 5) is 2.41. The van der Waals surface area contributed by atoms with Crippen molar-refractivity contribution >= 4 is 0 Å². The van der Waals surface area contributed by atoms with E-state index in [-0.39, 0.29) is 5.82 Å². The Morgan fingerprint density at radius 2 is 2.00 bits per heavy atom. The maximum Gasteiger partial charge on any atom is 0.123 e. The van der Waals surface area contributed by atoms with Crippen molar-refractivity contribution in [3.63, 3.8) is 0 Å². The molecule has 24 heavy (non-hydrogen) atoms. The number of ether oxygens (including phenoxy) is 1. The summed E-state index contributed by atoms with van der Waals surface area (Å²) in [6, 6.07) is 6.80. The molecule has 1 aromatic carbocycles. The minimum absolute atomic E-state index is 0.182. The molecule has 0 bridgehead atoms. The van der Waals surface area contributed by atoms with Crippen molar-refractivity contribution < 1.29 is 9.13 Å². The molecule has 0 saturated heterocycles. The molecule has 0 unspecified atom stereocenters. The van der Waals surface area contributed by atoms with Crippen molar-refractivity contribution in [2.75, 3.05) is 19.8 Å². The van der Waals surface area contributed by atoms with Crippen molar-refractivity contribution in [1.29, 1.82) is 0 Å². The number of nitrogens with zero attached hydrogens (tertiary/aromatic N) is 3. The highest BCUT2D eigenvalue weighted by atomic mass is 19.1. The van der Waals surface area contributed by atoms with Crippen LogP contribution in [0.2, 0.25) is 0 Å². The van der Waals surface area contributed by atoms with Gasteiger partial charge in [0.15, 0.2) is 0 Å². The molecule has 1 aromatic heterocycles. The minimum Gasteiger partial charge on any atom is -0.380 e. The lowest BCUT2D eigenvalue weighted by Crippen LogP contribution is -2.35. The third-order valence-electron chi connectivity index (χ3n) is 4.89. The van der Waals surface area contributed by atoms with Crippen molar-refractivity contribution in [3.05, 3.63) is 53.1 Å². The highest BCUT2D eigenvalue weighted by Gasteiger charge is 2.29. The number of aromatic nitrogens is 2. The van der Waals surface area contributed by atoms with E-state index in [0.29, 0.717) is 5.92 Å². The van der Waals surface area contributed by atoms with Gasteiger partial charge in [-0.15, -0.1) is 0 Å². The summed E-state index contributed by atoms with van der Waals surface area (Å²) < 4.78 is 21.0. The number of hydrogen-bond acceptors (Lipinski definition) is 3. The van der Waals surface area contributed by atoms with Crippen LogP contribution in [0.5, 0.6) is 0 Å². The van der Waals surface area contributed by atoms with E-state index in [4.69, 9.17) is 4.74 Å². The second kappa shape index (κ2) is 6.65.